The van der Waals surface area contributed by atoms with Crippen LogP contribution < -0.4 is 15.1 Å². The van der Waals surface area contributed by atoms with E-state index in [9.17, 15) is 5.11 Å². The molecule has 4 aromatic rings. The normalized spacial score (nSPS) is 10.5. The summed E-state index contributed by atoms with van der Waals surface area (Å²) in [5, 5.41) is 15.6. The molecule has 0 aromatic heterocycles. The molecule has 0 aliphatic rings. The minimum atomic E-state index is 0.127. The summed E-state index contributed by atoms with van der Waals surface area (Å²) in [6, 6.07) is 33.9. The predicted octanol–water partition coefficient (Wildman–Crippen LogP) is 6.23. The molecule has 4 aromatic carbocycles. The van der Waals surface area contributed by atoms with Crippen molar-refractivity contribution in [3.8, 4) is 28.4 Å². The number of ether oxygens (including phenoxy) is 1. The fourth-order valence-corrected chi connectivity index (χ4v) is 3.68. The van der Waals surface area contributed by atoms with Gasteiger partial charge >= 0.3 is 0 Å². The van der Waals surface area contributed by atoms with Gasteiger partial charge in [-0.1, -0.05) is 72.8 Å². The Morgan fingerprint density at radius 3 is 2.27 bits per heavy atom. The lowest BCUT2D eigenvalue weighted by molar-refractivity contribution is 0.0432. The molecular weight excluding hydrogens is 412 g/mol. The fraction of sp³-hybridized carbons (Fsp3) is 0.143. The summed E-state index contributed by atoms with van der Waals surface area (Å²) in [5.74, 6) is 1.48. The Morgan fingerprint density at radius 1 is 0.818 bits per heavy atom. The molecule has 4 rings (SSSR count). The predicted molar refractivity (Wildman–Crippen MR) is 135 cm³/mol. The number of nitrogens with one attached hydrogen (secondary N) is 1. The van der Waals surface area contributed by atoms with E-state index in [0.717, 1.165) is 28.3 Å². The van der Waals surface area contributed by atoms with Crippen molar-refractivity contribution in [2.24, 2.45) is 0 Å². The molecule has 0 radical (unpaired) electrons. The molecule has 0 aliphatic carbocycles. The lowest BCUT2D eigenvalue weighted by Gasteiger charge is -2.24. The number of hydrogen-bond donors (Lipinski definition) is 2. The van der Waals surface area contributed by atoms with E-state index in [1.165, 1.54) is 0 Å². The molecule has 0 bridgehead atoms. The Labute approximate surface area is 194 Å². The highest BCUT2D eigenvalue weighted by Crippen LogP contribution is 2.35. The monoisotopic (exact) mass is 441 g/mol. The number of anilines is 2. The zero-order chi connectivity index (χ0) is 22.9. The minimum absolute atomic E-state index is 0.127. The van der Waals surface area contributed by atoms with Crippen LogP contribution in [0.4, 0.5) is 11.4 Å². The summed E-state index contributed by atoms with van der Waals surface area (Å²) in [4.78, 5) is 4.94. The number of para-hydroxylation sites is 3. The molecule has 0 amide bonds. The molecule has 5 nitrogen and oxygen atoms in total. The average molecular weight is 442 g/mol. The number of hydroxylamine groups is 1. The van der Waals surface area contributed by atoms with Crippen molar-refractivity contribution >= 4 is 11.4 Å². The van der Waals surface area contributed by atoms with E-state index < -0.39 is 0 Å². The van der Waals surface area contributed by atoms with Gasteiger partial charge in [-0.25, -0.2) is 0 Å². The van der Waals surface area contributed by atoms with Gasteiger partial charge in [-0.05, 0) is 30.7 Å². The van der Waals surface area contributed by atoms with E-state index >= 15 is 0 Å². The Kier molecular flexibility index (Phi) is 7.33. The van der Waals surface area contributed by atoms with Gasteiger partial charge in [0.2, 0.25) is 0 Å². The molecule has 0 saturated heterocycles. The smallest absolute Gasteiger partial charge is 0.287 e. The molecule has 5 heteroatoms. The number of rotatable bonds is 10. The maximum Gasteiger partial charge on any atom is 0.287 e. The number of nitrogens with zero attached hydrogens (tertiary/aromatic N) is 1. The van der Waals surface area contributed by atoms with Crippen LogP contribution in [0.15, 0.2) is 103 Å². The lowest BCUT2D eigenvalue weighted by atomic mass is 10.0. The Balaban J connectivity index is 1.59. The summed E-state index contributed by atoms with van der Waals surface area (Å²) >= 11 is 0. The topological polar surface area (TPSA) is 57.5 Å². The van der Waals surface area contributed by atoms with Crippen LogP contribution >= 0.6 is 0 Å². The van der Waals surface area contributed by atoms with Crippen LogP contribution in [0.5, 0.6) is 17.2 Å². The first-order chi connectivity index (χ1) is 16.3. The number of phenolic OH excluding ortho intramolecular Hbond substituents is 1. The second-order valence-corrected chi connectivity index (χ2v) is 7.46. The van der Waals surface area contributed by atoms with Crippen LogP contribution in [0.1, 0.15) is 6.92 Å². The molecule has 0 atom stereocenters. The molecule has 168 valence electrons. The molecule has 0 saturated carbocycles. The van der Waals surface area contributed by atoms with E-state index in [-0.39, 0.29) is 5.75 Å². The van der Waals surface area contributed by atoms with Crippen molar-refractivity contribution in [3.63, 3.8) is 0 Å². The van der Waals surface area contributed by atoms with E-state index in [1.807, 2.05) is 78.7 Å². The van der Waals surface area contributed by atoms with Crippen molar-refractivity contribution in [1.29, 1.82) is 0 Å². The van der Waals surface area contributed by atoms with Crippen molar-refractivity contribution in [1.82, 2.24) is 0 Å². The zero-order valence-electron chi connectivity index (χ0n) is 18.7. The van der Waals surface area contributed by atoms with Crippen LogP contribution in [-0.4, -0.2) is 29.6 Å². The van der Waals surface area contributed by atoms with Gasteiger partial charge in [0.05, 0.1) is 12.3 Å². The van der Waals surface area contributed by atoms with Gasteiger partial charge in [-0.3, -0.25) is 0 Å². The largest absolute Gasteiger partial charge is 0.504 e. The lowest BCUT2D eigenvalue weighted by Crippen LogP contribution is -2.31. The van der Waals surface area contributed by atoms with Crippen molar-refractivity contribution < 1.29 is 14.7 Å². The van der Waals surface area contributed by atoms with Crippen LogP contribution in [0.2, 0.25) is 0 Å². The zero-order valence-corrected chi connectivity index (χ0v) is 18.7. The number of hydrogen-bond acceptors (Lipinski definition) is 4. The molecular formula is C28H29N2O3+. The van der Waals surface area contributed by atoms with Crippen LogP contribution in [0.3, 0.4) is 0 Å². The summed E-state index contributed by atoms with van der Waals surface area (Å²) < 4.78 is 5.63. The third kappa shape index (κ3) is 5.57. The molecule has 3 N–H and O–H groups in total. The van der Waals surface area contributed by atoms with E-state index in [4.69, 9.17) is 9.57 Å². The molecule has 0 heterocycles. The quantitative estimate of drug-likeness (QED) is 0.226. The summed E-state index contributed by atoms with van der Waals surface area (Å²) in [7, 11) is 0. The Hall–Kier alpha value is -4.12. The highest BCUT2D eigenvalue weighted by molar-refractivity contribution is 5.78. The standard InChI is InChI=1S/C28H28N2O3/c1-2-32-28-25(17-11-19-27(28)31)29-20-21-30(33-23-14-7-4-8-15-23)26-18-10-9-16-24(26)22-12-5-3-6-13-22/h3-19,29,31H,2,20-21H2,1H3/p+1. The van der Waals surface area contributed by atoms with E-state index in [1.54, 1.807) is 12.1 Å². The van der Waals surface area contributed by atoms with Gasteiger partial charge in [0.25, 0.3) is 5.75 Å². The second-order valence-electron chi connectivity index (χ2n) is 7.46. The van der Waals surface area contributed by atoms with Gasteiger partial charge in [0, 0.05) is 24.2 Å². The first-order valence-electron chi connectivity index (χ1n) is 11.1. The second kappa shape index (κ2) is 11.0. The van der Waals surface area contributed by atoms with Gasteiger partial charge in [-0.15, -0.1) is 5.06 Å². The summed E-state index contributed by atoms with van der Waals surface area (Å²) in [6.07, 6.45) is 0. The summed E-state index contributed by atoms with van der Waals surface area (Å²) in [5.41, 5.74) is 4.04. The first-order valence-corrected chi connectivity index (χ1v) is 11.1. The first kappa shape index (κ1) is 22.1. The minimum Gasteiger partial charge on any atom is -0.504 e. The van der Waals surface area contributed by atoms with Crippen LogP contribution in [0, 0.1) is 0 Å². The van der Waals surface area contributed by atoms with Gasteiger partial charge < -0.3 is 20.0 Å². The third-order valence-corrected chi connectivity index (χ3v) is 5.18. The third-order valence-electron chi connectivity index (χ3n) is 5.18. The summed E-state index contributed by atoms with van der Waals surface area (Å²) in [6.45, 7) is 3.59. The van der Waals surface area contributed by atoms with Crippen molar-refractivity contribution in [2.45, 2.75) is 6.92 Å². The maximum atomic E-state index is 10.2. The highest BCUT2D eigenvalue weighted by Gasteiger charge is 2.18. The molecule has 33 heavy (non-hydrogen) atoms. The molecule has 0 spiro atoms. The van der Waals surface area contributed by atoms with Crippen LogP contribution in [0.25, 0.3) is 11.1 Å². The number of aromatic hydroxyl groups is 2. The average Bonchev–Trinajstić information content (AvgIpc) is 2.86. The molecule has 0 aliphatic heterocycles. The van der Waals surface area contributed by atoms with Crippen molar-refractivity contribution in [2.75, 3.05) is 30.1 Å². The Bertz CT molecular complexity index is 1150. The van der Waals surface area contributed by atoms with Gasteiger partial charge in [0.1, 0.15) is 12.2 Å². The van der Waals surface area contributed by atoms with Crippen molar-refractivity contribution in [3.05, 3.63) is 103 Å². The number of phenols is 1. The fourth-order valence-electron chi connectivity index (χ4n) is 3.68. The molecule has 0 fully saturated rings. The SMILES string of the molecule is CCOc1c(O)cccc1NCCN([OH+]c1ccccc1)c1ccccc1-c1ccccc1. The number of benzene rings is 4. The van der Waals surface area contributed by atoms with E-state index in [2.05, 4.69) is 29.6 Å². The van der Waals surface area contributed by atoms with Crippen LogP contribution in [-0.2, 0) is 0 Å². The highest BCUT2D eigenvalue weighted by atomic mass is 16.7. The van der Waals surface area contributed by atoms with Gasteiger partial charge in [0.15, 0.2) is 11.5 Å². The van der Waals surface area contributed by atoms with E-state index in [0.29, 0.717) is 25.4 Å². The maximum absolute atomic E-state index is 10.2. The molecule has 0 unspecified atom stereocenters. The van der Waals surface area contributed by atoms with Gasteiger partial charge in [-0.2, -0.15) is 0 Å². The Morgan fingerprint density at radius 2 is 1.52 bits per heavy atom.